The Kier molecular flexibility index (Phi) is 6.05. The van der Waals surface area contributed by atoms with Gasteiger partial charge in [0.05, 0.1) is 11.2 Å². The minimum absolute atomic E-state index is 0.434. The Bertz CT molecular complexity index is 1230. The number of aromatic amines is 1. The van der Waals surface area contributed by atoms with Gasteiger partial charge in [0.25, 0.3) is 0 Å². The quantitative estimate of drug-likeness (QED) is 0.472. The van der Waals surface area contributed by atoms with Gasteiger partial charge in [-0.05, 0) is 49.4 Å². The second-order valence-corrected chi connectivity index (χ2v) is 9.21. The lowest BCUT2D eigenvalue weighted by Gasteiger charge is -2.37. The molecule has 0 aliphatic carbocycles. The first-order valence-electron chi connectivity index (χ1n) is 11.8. The zero-order valence-corrected chi connectivity index (χ0v) is 19.5. The summed E-state index contributed by atoms with van der Waals surface area (Å²) in [5.74, 6) is 2.18. The number of H-pyrrole nitrogens is 1. The predicted octanol–water partition coefficient (Wildman–Crippen LogP) is 3.94. The topological polar surface area (TPSA) is 82.6 Å². The van der Waals surface area contributed by atoms with E-state index in [0.29, 0.717) is 17.8 Å². The molecule has 7 heteroatoms. The van der Waals surface area contributed by atoms with Gasteiger partial charge in [-0.1, -0.05) is 44.2 Å². The molecule has 0 radical (unpaired) electrons. The van der Waals surface area contributed by atoms with Gasteiger partial charge in [-0.2, -0.15) is 5.10 Å². The monoisotopic (exact) mass is 441 g/mol. The van der Waals surface area contributed by atoms with Crippen LogP contribution in [0.3, 0.4) is 0 Å². The molecule has 1 aliphatic rings. The molecular formula is C26H31N7. The zero-order valence-electron chi connectivity index (χ0n) is 19.5. The molecule has 7 nitrogen and oxygen atoms in total. The van der Waals surface area contributed by atoms with Gasteiger partial charge in [-0.3, -0.25) is 5.10 Å². The molecule has 1 saturated heterocycles. The number of aryl methyl sites for hydroxylation is 3. The van der Waals surface area contributed by atoms with Crippen LogP contribution in [0.2, 0.25) is 0 Å². The lowest BCUT2D eigenvalue weighted by atomic mass is 10.0. The molecule has 0 saturated carbocycles. The van der Waals surface area contributed by atoms with Crippen molar-refractivity contribution in [3.8, 4) is 11.4 Å². The number of nitrogens with one attached hydrogen (secondary N) is 2. The van der Waals surface area contributed by atoms with Crippen molar-refractivity contribution >= 4 is 16.7 Å². The lowest BCUT2D eigenvalue weighted by Crippen LogP contribution is -2.53. The van der Waals surface area contributed by atoms with Crippen molar-refractivity contribution in [2.24, 2.45) is 5.92 Å². The fourth-order valence-corrected chi connectivity index (χ4v) is 4.49. The van der Waals surface area contributed by atoms with E-state index in [9.17, 15) is 0 Å². The minimum Gasteiger partial charge on any atom is -0.352 e. The second-order valence-electron chi connectivity index (χ2n) is 9.21. The molecule has 2 aromatic carbocycles. The van der Waals surface area contributed by atoms with E-state index in [1.165, 1.54) is 5.56 Å². The first kappa shape index (κ1) is 21.5. The zero-order chi connectivity index (χ0) is 22.8. The van der Waals surface area contributed by atoms with E-state index in [2.05, 4.69) is 75.8 Å². The summed E-state index contributed by atoms with van der Waals surface area (Å²) in [5, 5.41) is 21.4. The summed E-state index contributed by atoms with van der Waals surface area (Å²) >= 11 is 0. The van der Waals surface area contributed by atoms with Crippen molar-refractivity contribution in [2.45, 2.75) is 39.7 Å². The van der Waals surface area contributed by atoms with Gasteiger partial charge in [0.1, 0.15) is 5.69 Å². The van der Waals surface area contributed by atoms with Crippen LogP contribution in [0.15, 0.2) is 48.5 Å². The first-order valence-corrected chi connectivity index (χ1v) is 11.8. The number of benzene rings is 2. The Morgan fingerprint density at radius 2 is 1.91 bits per heavy atom. The van der Waals surface area contributed by atoms with Crippen molar-refractivity contribution in [3.63, 3.8) is 0 Å². The van der Waals surface area contributed by atoms with Crippen LogP contribution in [-0.4, -0.2) is 51.1 Å². The number of fused-ring (bicyclic) bond motifs is 1. The van der Waals surface area contributed by atoms with Gasteiger partial charge in [-0.15, -0.1) is 10.2 Å². The Morgan fingerprint density at radius 3 is 2.73 bits per heavy atom. The summed E-state index contributed by atoms with van der Waals surface area (Å²) < 4.78 is 0. The number of piperazine rings is 1. The van der Waals surface area contributed by atoms with Crippen LogP contribution in [-0.2, 0) is 12.8 Å². The molecule has 3 heterocycles. The molecule has 170 valence electrons. The van der Waals surface area contributed by atoms with Crippen molar-refractivity contribution in [1.82, 2.24) is 30.7 Å². The number of hydrogen-bond donors (Lipinski definition) is 2. The van der Waals surface area contributed by atoms with Crippen LogP contribution in [0, 0.1) is 12.8 Å². The second kappa shape index (κ2) is 9.27. The van der Waals surface area contributed by atoms with Crippen LogP contribution in [0.4, 0.5) is 5.82 Å². The van der Waals surface area contributed by atoms with Gasteiger partial charge in [-0.25, -0.2) is 4.98 Å². The highest BCUT2D eigenvalue weighted by atomic mass is 15.3. The highest BCUT2D eigenvalue weighted by Crippen LogP contribution is 2.26. The molecule has 1 fully saturated rings. The SMILES string of the molecule is Cc1n[nH]c2ccc(-c3nnc(CCc4ccccc4)c(N4CCN[C@@H](C(C)C)C4)n3)cc12. The van der Waals surface area contributed by atoms with Crippen LogP contribution in [0.25, 0.3) is 22.3 Å². The summed E-state index contributed by atoms with van der Waals surface area (Å²) in [6.45, 7) is 9.33. The van der Waals surface area contributed by atoms with Crippen molar-refractivity contribution in [1.29, 1.82) is 0 Å². The molecule has 1 atom stereocenters. The molecule has 0 unspecified atom stereocenters. The van der Waals surface area contributed by atoms with Crippen molar-refractivity contribution in [2.75, 3.05) is 24.5 Å². The maximum absolute atomic E-state index is 5.09. The van der Waals surface area contributed by atoms with E-state index < -0.39 is 0 Å². The van der Waals surface area contributed by atoms with E-state index >= 15 is 0 Å². The predicted molar refractivity (Wildman–Crippen MR) is 132 cm³/mol. The van der Waals surface area contributed by atoms with Gasteiger partial charge in [0, 0.05) is 36.6 Å². The third-order valence-electron chi connectivity index (χ3n) is 6.55. The van der Waals surface area contributed by atoms with Gasteiger partial charge >= 0.3 is 0 Å². The molecule has 2 N–H and O–H groups in total. The summed E-state index contributed by atoms with van der Waals surface area (Å²) in [7, 11) is 0. The van der Waals surface area contributed by atoms with E-state index in [1.54, 1.807) is 0 Å². The first-order chi connectivity index (χ1) is 16.1. The number of aromatic nitrogens is 5. The summed E-state index contributed by atoms with van der Waals surface area (Å²) in [6.07, 6.45) is 1.74. The van der Waals surface area contributed by atoms with Crippen LogP contribution in [0.1, 0.15) is 30.8 Å². The fourth-order valence-electron chi connectivity index (χ4n) is 4.49. The molecule has 0 amide bonds. The third-order valence-corrected chi connectivity index (χ3v) is 6.55. The maximum Gasteiger partial charge on any atom is 0.183 e. The minimum atomic E-state index is 0.434. The van der Waals surface area contributed by atoms with Gasteiger partial charge < -0.3 is 10.2 Å². The fraction of sp³-hybridized carbons (Fsp3) is 0.385. The standard InChI is InChI=1S/C26H31N7/c1-17(2)24-16-33(14-13-27-24)26-23(11-9-19-7-5-4-6-8-19)31-32-25(28-26)20-10-12-22-21(15-20)18(3)29-30-22/h4-8,10,12,15,17,24,27H,9,11,13-14,16H2,1-3H3,(H,29,30)/t24-/m1/s1. The Morgan fingerprint density at radius 1 is 1.06 bits per heavy atom. The molecule has 0 spiro atoms. The molecule has 2 aromatic heterocycles. The van der Waals surface area contributed by atoms with Crippen LogP contribution in [0.5, 0.6) is 0 Å². The summed E-state index contributed by atoms with van der Waals surface area (Å²) in [6, 6.07) is 17.2. The Balaban J connectivity index is 1.50. The van der Waals surface area contributed by atoms with Crippen LogP contribution >= 0.6 is 0 Å². The number of rotatable bonds is 6. The Labute approximate surface area is 194 Å². The van der Waals surface area contributed by atoms with Gasteiger partial charge in [0.2, 0.25) is 0 Å². The molecule has 1 aliphatic heterocycles. The number of hydrogen-bond acceptors (Lipinski definition) is 6. The lowest BCUT2D eigenvalue weighted by molar-refractivity contribution is 0.366. The van der Waals surface area contributed by atoms with Gasteiger partial charge in [0.15, 0.2) is 11.6 Å². The molecule has 33 heavy (non-hydrogen) atoms. The van der Waals surface area contributed by atoms with Crippen molar-refractivity contribution in [3.05, 3.63) is 65.5 Å². The van der Waals surface area contributed by atoms with E-state index in [0.717, 1.165) is 66.1 Å². The highest BCUT2D eigenvalue weighted by molar-refractivity contribution is 5.85. The molecule has 5 rings (SSSR count). The average Bonchev–Trinajstić information content (AvgIpc) is 3.23. The maximum atomic E-state index is 5.09. The molecule has 0 bridgehead atoms. The molecular weight excluding hydrogens is 410 g/mol. The average molecular weight is 442 g/mol. The van der Waals surface area contributed by atoms with Crippen molar-refractivity contribution < 1.29 is 0 Å². The highest BCUT2D eigenvalue weighted by Gasteiger charge is 2.25. The van der Waals surface area contributed by atoms with Crippen LogP contribution < -0.4 is 10.2 Å². The van der Waals surface area contributed by atoms with E-state index in [-0.39, 0.29) is 0 Å². The van der Waals surface area contributed by atoms with E-state index in [1.807, 2.05) is 19.1 Å². The molecule has 4 aromatic rings. The normalized spacial score (nSPS) is 16.6. The number of anilines is 1. The number of nitrogens with zero attached hydrogens (tertiary/aromatic N) is 5. The largest absolute Gasteiger partial charge is 0.352 e. The smallest absolute Gasteiger partial charge is 0.183 e. The summed E-state index contributed by atoms with van der Waals surface area (Å²) in [4.78, 5) is 7.48. The Hall–Kier alpha value is -3.32. The van der Waals surface area contributed by atoms with E-state index in [4.69, 9.17) is 10.1 Å². The summed E-state index contributed by atoms with van der Waals surface area (Å²) in [5.41, 5.74) is 5.22. The third kappa shape index (κ3) is 4.59.